The molecular weight excluding hydrogens is 204 g/mol. The minimum Gasteiger partial charge on any atom is -0.490 e. The van der Waals surface area contributed by atoms with Crippen LogP contribution in [0.1, 0.15) is 26.1 Å². The standard InChI is InChI=1S/C12H18N2O2/c1-3-4-16-10-6-13-11(14-7-10)5-12(2)8-15-9-12/h6-7H,3-5,8-9H2,1-2H3. The summed E-state index contributed by atoms with van der Waals surface area (Å²) in [6.45, 7) is 6.61. The van der Waals surface area contributed by atoms with E-state index in [1.165, 1.54) is 0 Å². The molecule has 1 aliphatic heterocycles. The van der Waals surface area contributed by atoms with E-state index >= 15 is 0 Å². The summed E-state index contributed by atoms with van der Waals surface area (Å²) < 4.78 is 10.6. The van der Waals surface area contributed by atoms with Crippen molar-refractivity contribution in [1.82, 2.24) is 9.97 Å². The predicted molar refractivity (Wildman–Crippen MR) is 60.4 cm³/mol. The van der Waals surface area contributed by atoms with Crippen molar-refractivity contribution in [3.05, 3.63) is 18.2 Å². The van der Waals surface area contributed by atoms with Gasteiger partial charge >= 0.3 is 0 Å². The van der Waals surface area contributed by atoms with Gasteiger partial charge in [0.2, 0.25) is 0 Å². The molecule has 88 valence electrons. The lowest BCUT2D eigenvalue weighted by atomic mass is 9.85. The minimum absolute atomic E-state index is 0.228. The number of hydrogen-bond acceptors (Lipinski definition) is 4. The second-order valence-corrected chi connectivity index (χ2v) is 4.66. The molecule has 0 aromatic carbocycles. The van der Waals surface area contributed by atoms with Gasteiger partial charge in [0.15, 0.2) is 5.75 Å². The van der Waals surface area contributed by atoms with Crippen molar-refractivity contribution in [1.29, 1.82) is 0 Å². The molecule has 0 unspecified atom stereocenters. The van der Waals surface area contributed by atoms with Crippen molar-refractivity contribution >= 4 is 0 Å². The van der Waals surface area contributed by atoms with Crippen LogP contribution in [0, 0.1) is 5.41 Å². The molecule has 0 spiro atoms. The zero-order valence-electron chi connectivity index (χ0n) is 9.90. The Hall–Kier alpha value is -1.16. The maximum absolute atomic E-state index is 5.43. The van der Waals surface area contributed by atoms with Crippen molar-refractivity contribution in [2.75, 3.05) is 19.8 Å². The van der Waals surface area contributed by atoms with Crippen LogP contribution in [0.3, 0.4) is 0 Å². The molecule has 0 atom stereocenters. The fourth-order valence-electron chi connectivity index (χ4n) is 1.66. The first kappa shape index (κ1) is 11.3. The first-order valence-corrected chi connectivity index (χ1v) is 5.73. The van der Waals surface area contributed by atoms with Gasteiger partial charge in [-0.15, -0.1) is 0 Å². The summed E-state index contributed by atoms with van der Waals surface area (Å²) >= 11 is 0. The number of hydrogen-bond donors (Lipinski definition) is 0. The maximum atomic E-state index is 5.43. The Bertz CT molecular complexity index is 333. The molecule has 0 saturated carbocycles. The Morgan fingerprint density at radius 2 is 2.06 bits per heavy atom. The summed E-state index contributed by atoms with van der Waals surface area (Å²) in [5.41, 5.74) is 0.228. The summed E-state index contributed by atoms with van der Waals surface area (Å²) in [5, 5.41) is 0. The molecule has 16 heavy (non-hydrogen) atoms. The van der Waals surface area contributed by atoms with Crippen molar-refractivity contribution < 1.29 is 9.47 Å². The Morgan fingerprint density at radius 1 is 1.38 bits per heavy atom. The van der Waals surface area contributed by atoms with Gasteiger partial charge in [-0.05, 0) is 6.42 Å². The number of rotatable bonds is 5. The number of nitrogens with zero attached hydrogens (tertiary/aromatic N) is 2. The number of aromatic nitrogens is 2. The summed E-state index contributed by atoms with van der Waals surface area (Å²) in [5.74, 6) is 1.62. The van der Waals surface area contributed by atoms with E-state index in [-0.39, 0.29) is 5.41 Å². The topological polar surface area (TPSA) is 44.2 Å². The molecular formula is C12H18N2O2. The highest BCUT2D eigenvalue weighted by Crippen LogP contribution is 2.29. The van der Waals surface area contributed by atoms with Crippen LogP contribution < -0.4 is 4.74 Å². The molecule has 4 heteroatoms. The summed E-state index contributed by atoms with van der Waals surface area (Å²) in [6.07, 6.45) is 5.37. The van der Waals surface area contributed by atoms with E-state index < -0.39 is 0 Å². The van der Waals surface area contributed by atoms with Crippen LogP contribution in [-0.2, 0) is 11.2 Å². The Balaban J connectivity index is 1.91. The van der Waals surface area contributed by atoms with Gasteiger partial charge in [0.25, 0.3) is 0 Å². The highest BCUT2D eigenvalue weighted by Gasteiger charge is 2.34. The van der Waals surface area contributed by atoms with E-state index in [0.29, 0.717) is 6.61 Å². The van der Waals surface area contributed by atoms with E-state index in [1.54, 1.807) is 12.4 Å². The molecule has 1 fully saturated rings. The van der Waals surface area contributed by atoms with Crippen molar-refractivity contribution in [2.24, 2.45) is 5.41 Å². The normalized spacial score (nSPS) is 17.9. The summed E-state index contributed by atoms with van der Waals surface area (Å²) in [4.78, 5) is 8.61. The fourth-order valence-corrected chi connectivity index (χ4v) is 1.66. The second-order valence-electron chi connectivity index (χ2n) is 4.66. The monoisotopic (exact) mass is 222 g/mol. The second kappa shape index (κ2) is 4.78. The Kier molecular flexibility index (Phi) is 3.39. The van der Waals surface area contributed by atoms with E-state index in [4.69, 9.17) is 9.47 Å². The van der Waals surface area contributed by atoms with Crippen LogP contribution in [0.2, 0.25) is 0 Å². The van der Waals surface area contributed by atoms with Crippen molar-refractivity contribution in [2.45, 2.75) is 26.7 Å². The van der Waals surface area contributed by atoms with E-state index in [1.807, 2.05) is 0 Å². The lowest BCUT2D eigenvalue weighted by molar-refractivity contribution is -0.101. The summed E-state index contributed by atoms with van der Waals surface area (Å²) in [6, 6.07) is 0. The molecule has 0 radical (unpaired) electrons. The van der Waals surface area contributed by atoms with Gasteiger partial charge < -0.3 is 9.47 Å². The third-order valence-corrected chi connectivity index (χ3v) is 2.64. The lowest BCUT2D eigenvalue weighted by Crippen LogP contribution is -2.41. The largest absolute Gasteiger partial charge is 0.490 e. The molecule has 0 N–H and O–H groups in total. The molecule has 0 bridgehead atoms. The highest BCUT2D eigenvalue weighted by atomic mass is 16.5. The quantitative estimate of drug-likeness (QED) is 0.762. The van der Waals surface area contributed by atoms with Gasteiger partial charge in [-0.1, -0.05) is 13.8 Å². The molecule has 0 amide bonds. The van der Waals surface area contributed by atoms with Crippen LogP contribution in [0.25, 0.3) is 0 Å². The van der Waals surface area contributed by atoms with Crippen LogP contribution in [0.4, 0.5) is 0 Å². The highest BCUT2D eigenvalue weighted by molar-refractivity contribution is 5.13. The molecule has 1 aromatic heterocycles. The number of ether oxygens (including phenoxy) is 2. The van der Waals surface area contributed by atoms with Crippen LogP contribution in [0.5, 0.6) is 5.75 Å². The molecule has 1 aliphatic rings. The maximum Gasteiger partial charge on any atom is 0.155 e. The van der Waals surface area contributed by atoms with Gasteiger partial charge in [-0.2, -0.15) is 0 Å². The van der Waals surface area contributed by atoms with Gasteiger partial charge in [0.05, 0.1) is 32.2 Å². The molecule has 1 aromatic rings. The van der Waals surface area contributed by atoms with Crippen molar-refractivity contribution in [3.8, 4) is 5.75 Å². The van der Waals surface area contributed by atoms with E-state index in [9.17, 15) is 0 Å². The van der Waals surface area contributed by atoms with Crippen LogP contribution in [0.15, 0.2) is 12.4 Å². The predicted octanol–water partition coefficient (Wildman–Crippen LogP) is 1.84. The third kappa shape index (κ3) is 2.70. The Labute approximate surface area is 96.0 Å². The Morgan fingerprint density at radius 3 is 2.56 bits per heavy atom. The zero-order chi connectivity index (χ0) is 11.4. The molecule has 1 saturated heterocycles. The summed E-state index contributed by atoms with van der Waals surface area (Å²) in [7, 11) is 0. The third-order valence-electron chi connectivity index (χ3n) is 2.64. The SMILES string of the molecule is CCCOc1cnc(CC2(C)COC2)nc1. The van der Waals surface area contributed by atoms with Gasteiger partial charge in [0.1, 0.15) is 5.82 Å². The van der Waals surface area contributed by atoms with E-state index in [0.717, 1.165) is 37.6 Å². The smallest absolute Gasteiger partial charge is 0.155 e. The minimum atomic E-state index is 0.228. The lowest BCUT2D eigenvalue weighted by Gasteiger charge is -2.37. The van der Waals surface area contributed by atoms with Gasteiger partial charge in [-0.25, -0.2) is 9.97 Å². The molecule has 0 aliphatic carbocycles. The molecule has 2 rings (SSSR count). The molecule has 4 nitrogen and oxygen atoms in total. The first-order chi connectivity index (χ1) is 7.72. The first-order valence-electron chi connectivity index (χ1n) is 5.73. The average Bonchev–Trinajstić information content (AvgIpc) is 2.26. The van der Waals surface area contributed by atoms with Crippen molar-refractivity contribution in [3.63, 3.8) is 0 Å². The van der Waals surface area contributed by atoms with E-state index in [2.05, 4.69) is 23.8 Å². The fraction of sp³-hybridized carbons (Fsp3) is 0.667. The van der Waals surface area contributed by atoms with Gasteiger partial charge in [0, 0.05) is 11.8 Å². The molecule has 2 heterocycles. The van der Waals surface area contributed by atoms with Crippen LogP contribution in [-0.4, -0.2) is 29.8 Å². The van der Waals surface area contributed by atoms with Crippen LogP contribution >= 0.6 is 0 Å². The van der Waals surface area contributed by atoms with Gasteiger partial charge in [-0.3, -0.25) is 0 Å². The zero-order valence-corrected chi connectivity index (χ0v) is 9.90. The average molecular weight is 222 g/mol.